The molecule has 19 heavy (non-hydrogen) atoms. The van der Waals surface area contributed by atoms with Gasteiger partial charge in [-0.15, -0.1) is 0 Å². The Kier molecular flexibility index (Phi) is 4.57. The van der Waals surface area contributed by atoms with Gasteiger partial charge in [-0.25, -0.2) is 0 Å². The molecule has 0 bridgehead atoms. The van der Waals surface area contributed by atoms with Crippen LogP contribution in [0.5, 0.6) is 0 Å². The van der Waals surface area contributed by atoms with Gasteiger partial charge < -0.3 is 10.6 Å². The third-order valence-electron chi connectivity index (χ3n) is 4.53. The summed E-state index contributed by atoms with van der Waals surface area (Å²) >= 11 is 3.70. The summed E-state index contributed by atoms with van der Waals surface area (Å²) in [5.74, 6) is 0.680. The minimum Gasteiger partial charge on any atom is -0.370 e. The first kappa shape index (κ1) is 14.9. The third-order valence-corrected chi connectivity index (χ3v) is 5.17. The predicted octanol–water partition coefficient (Wildman–Crippen LogP) is 3.96. The summed E-state index contributed by atoms with van der Waals surface area (Å²) in [5.41, 5.74) is 8.82. The summed E-state index contributed by atoms with van der Waals surface area (Å²) in [6, 6.07) is 6.63. The van der Waals surface area contributed by atoms with Gasteiger partial charge >= 0.3 is 0 Å². The molecule has 2 nitrogen and oxygen atoms in total. The van der Waals surface area contributed by atoms with Gasteiger partial charge in [0.25, 0.3) is 0 Å². The molecule has 1 aliphatic heterocycles. The molecule has 1 unspecified atom stereocenters. The summed E-state index contributed by atoms with van der Waals surface area (Å²) in [4.78, 5) is 2.51. The Morgan fingerprint density at radius 3 is 2.79 bits per heavy atom. The van der Waals surface area contributed by atoms with E-state index in [-0.39, 0.29) is 0 Å². The SMILES string of the molecule is Cc1ccc(N2CCC(C)(C)C(CCN)C2)c(Br)c1. The molecule has 1 fully saturated rings. The van der Waals surface area contributed by atoms with Gasteiger partial charge in [-0.2, -0.15) is 0 Å². The number of aryl methyl sites for hydroxylation is 1. The maximum Gasteiger partial charge on any atom is 0.0510 e. The van der Waals surface area contributed by atoms with Crippen molar-refractivity contribution >= 4 is 21.6 Å². The van der Waals surface area contributed by atoms with Crippen molar-refractivity contribution in [3.8, 4) is 0 Å². The van der Waals surface area contributed by atoms with Gasteiger partial charge in [0.15, 0.2) is 0 Å². The molecule has 106 valence electrons. The Labute approximate surface area is 125 Å². The van der Waals surface area contributed by atoms with Crippen molar-refractivity contribution in [1.29, 1.82) is 0 Å². The Morgan fingerprint density at radius 1 is 1.42 bits per heavy atom. The average molecular weight is 325 g/mol. The van der Waals surface area contributed by atoms with Crippen molar-refractivity contribution in [2.24, 2.45) is 17.1 Å². The second-order valence-corrected chi connectivity index (χ2v) is 7.27. The molecule has 1 aliphatic rings. The highest BCUT2D eigenvalue weighted by Gasteiger charge is 2.35. The Balaban J connectivity index is 2.18. The fourth-order valence-electron chi connectivity index (χ4n) is 3.00. The van der Waals surface area contributed by atoms with Crippen LogP contribution < -0.4 is 10.6 Å². The van der Waals surface area contributed by atoms with Gasteiger partial charge in [0.2, 0.25) is 0 Å². The molecular weight excluding hydrogens is 300 g/mol. The van der Waals surface area contributed by atoms with E-state index in [2.05, 4.69) is 59.8 Å². The quantitative estimate of drug-likeness (QED) is 0.911. The highest BCUT2D eigenvalue weighted by molar-refractivity contribution is 9.10. The molecule has 3 heteroatoms. The smallest absolute Gasteiger partial charge is 0.0510 e. The van der Waals surface area contributed by atoms with Gasteiger partial charge in [0, 0.05) is 17.6 Å². The van der Waals surface area contributed by atoms with Crippen LogP contribution in [0, 0.1) is 18.3 Å². The summed E-state index contributed by atoms with van der Waals surface area (Å²) in [7, 11) is 0. The lowest BCUT2D eigenvalue weighted by Gasteiger charge is -2.45. The van der Waals surface area contributed by atoms with Crippen LogP contribution in [-0.4, -0.2) is 19.6 Å². The number of nitrogens with two attached hydrogens (primary N) is 1. The minimum absolute atomic E-state index is 0.410. The lowest BCUT2D eigenvalue weighted by Crippen LogP contribution is -2.45. The van der Waals surface area contributed by atoms with Crippen LogP contribution >= 0.6 is 15.9 Å². The third kappa shape index (κ3) is 3.32. The van der Waals surface area contributed by atoms with Crippen molar-refractivity contribution in [2.75, 3.05) is 24.5 Å². The first-order valence-corrected chi connectivity index (χ1v) is 7.94. The number of anilines is 1. The zero-order valence-corrected chi connectivity index (χ0v) is 13.8. The molecule has 2 rings (SSSR count). The number of hydrogen-bond acceptors (Lipinski definition) is 2. The monoisotopic (exact) mass is 324 g/mol. The maximum absolute atomic E-state index is 5.79. The fraction of sp³-hybridized carbons (Fsp3) is 0.625. The highest BCUT2D eigenvalue weighted by atomic mass is 79.9. The lowest BCUT2D eigenvalue weighted by atomic mass is 9.72. The summed E-state index contributed by atoms with van der Waals surface area (Å²) in [6.07, 6.45) is 2.35. The van der Waals surface area contributed by atoms with Crippen LogP contribution in [0.15, 0.2) is 22.7 Å². The van der Waals surface area contributed by atoms with Gasteiger partial charge in [0.05, 0.1) is 5.69 Å². The van der Waals surface area contributed by atoms with E-state index in [0.29, 0.717) is 11.3 Å². The molecule has 1 atom stereocenters. The molecular formula is C16H25BrN2. The molecule has 1 aromatic rings. The van der Waals surface area contributed by atoms with Gasteiger partial charge in [-0.3, -0.25) is 0 Å². The number of benzene rings is 1. The largest absolute Gasteiger partial charge is 0.370 e. The van der Waals surface area contributed by atoms with E-state index in [1.165, 1.54) is 22.1 Å². The first-order chi connectivity index (χ1) is 8.94. The molecule has 1 heterocycles. The molecule has 1 aromatic carbocycles. The minimum atomic E-state index is 0.410. The Bertz CT molecular complexity index is 442. The van der Waals surface area contributed by atoms with E-state index in [9.17, 15) is 0 Å². The molecule has 0 aliphatic carbocycles. The normalized spacial score (nSPS) is 22.6. The van der Waals surface area contributed by atoms with Crippen LogP contribution in [-0.2, 0) is 0 Å². The van der Waals surface area contributed by atoms with Gasteiger partial charge in [-0.05, 0) is 71.3 Å². The van der Waals surface area contributed by atoms with E-state index in [0.717, 1.165) is 26.1 Å². The predicted molar refractivity (Wildman–Crippen MR) is 86.7 cm³/mol. The van der Waals surface area contributed by atoms with Crippen molar-refractivity contribution < 1.29 is 0 Å². The summed E-state index contributed by atoms with van der Waals surface area (Å²) < 4.78 is 1.21. The number of rotatable bonds is 3. The van der Waals surface area contributed by atoms with Crippen molar-refractivity contribution in [2.45, 2.75) is 33.6 Å². The first-order valence-electron chi connectivity index (χ1n) is 7.15. The van der Waals surface area contributed by atoms with E-state index in [4.69, 9.17) is 5.73 Å². The number of piperidine rings is 1. The molecule has 0 radical (unpaired) electrons. The lowest BCUT2D eigenvalue weighted by molar-refractivity contribution is 0.163. The molecule has 0 aromatic heterocycles. The van der Waals surface area contributed by atoms with Crippen molar-refractivity contribution in [3.63, 3.8) is 0 Å². The van der Waals surface area contributed by atoms with Crippen LogP contribution in [0.2, 0.25) is 0 Å². The summed E-state index contributed by atoms with van der Waals surface area (Å²) in [5, 5.41) is 0. The van der Waals surface area contributed by atoms with E-state index < -0.39 is 0 Å². The summed E-state index contributed by atoms with van der Waals surface area (Å²) in [6.45, 7) is 9.94. The molecule has 0 amide bonds. The Hall–Kier alpha value is -0.540. The Morgan fingerprint density at radius 2 is 2.16 bits per heavy atom. The molecule has 2 N–H and O–H groups in total. The average Bonchev–Trinajstić information content (AvgIpc) is 2.33. The van der Waals surface area contributed by atoms with Crippen LogP contribution in [0.25, 0.3) is 0 Å². The van der Waals surface area contributed by atoms with E-state index >= 15 is 0 Å². The highest BCUT2D eigenvalue weighted by Crippen LogP contribution is 2.40. The van der Waals surface area contributed by atoms with E-state index in [1.54, 1.807) is 0 Å². The molecule has 0 saturated carbocycles. The number of halogens is 1. The van der Waals surface area contributed by atoms with Crippen LogP contribution in [0.4, 0.5) is 5.69 Å². The second-order valence-electron chi connectivity index (χ2n) is 6.41. The van der Waals surface area contributed by atoms with Crippen molar-refractivity contribution in [1.82, 2.24) is 0 Å². The standard InChI is InChI=1S/C16H25BrN2/c1-12-4-5-15(14(17)10-12)19-9-7-16(2,3)13(11-19)6-8-18/h4-5,10,13H,6-9,11,18H2,1-3H3. The zero-order valence-electron chi connectivity index (χ0n) is 12.2. The second kappa shape index (κ2) is 5.84. The van der Waals surface area contributed by atoms with Gasteiger partial charge in [0.1, 0.15) is 0 Å². The van der Waals surface area contributed by atoms with Crippen molar-refractivity contribution in [3.05, 3.63) is 28.2 Å². The maximum atomic E-state index is 5.79. The topological polar surface area (TPSA) is 29.3 Å². The van der Waals surface area contributed by atoms with Gasteiger partial charge in [-0.1, -0.05) is 19.9 Å². The zero-order chi connectivity index (χ0) is 14.0. The molecule has 0 spiro atoms. The van der Waals surface area contributed by atoms with E-state index in [1.807, 2.05) is 0 Å². The molecule has 1 saturated heterocycles. The number of nitrogens with zero attached hydrogens (tertiary/aromatic N) is 1. The fourth-order valence-corrected chi connectivity index (χ4v) is 3.75. The number of hydrogen-bond donors (Lipinski definition) is 1. The van der Waals surface area contributed by atoms with Crippen LogP contribution in [0.3, 0.4) is 0 Å². The van der Waals surface area contributed by atoms with Crippen LogP contribution in [0.1, 0.15) is 32.3 Å².